The Morgan fingerprint density at radius 2 is 2.07 bits per heavy atom. The molecule has 1 heterocycles. The van der Waals surface area contributed by atoms with Gasteiger partial charge in [-0.25, -0.2) is 0 Å². The zero-order valence-corrected chi connectivity index (χ0v) is 9.13. The van der Waals surface area contributed by atoms with Crippen LogP contribution in [-0.4, -0.2) is 12.7 Å². The molecular weight excluding hydrogens is 196 g/mol. The van der Waals surface area contributed by atoms with E-state index in [1.807, 2.05) is 12.1 Å². The molecule has 0 N–H and O–H groups in total. The first-order valence-electron chi connectivity index (χ1n) is 5.12. The molecule has 2 unspecified atom stereocenters. The van der Waals surface area contributed by atoms with Crippen LogP contribution in [0.1, 0.15) is 18.9 Å². The van der Waals surface area contributed by atoms with Crippen LogP contribution in [-0.2, 0) is 11.2 Å². The lowest BCUT2D eigenvalue weighted by atomic mass is 9.99. The Morgan fingerprint density at radius 3 is 2.64 bits per heavy atom. The third-order valence-electron chi connectivity index (χ3n) is 2.80. The van der Waals surface area contributed by atoms with Gasteiger partial charge < -0.3 is 4.74 Å². The number of ether oxygens (including phenoxy) is 1. The summed E-state index contributed by atoms with van der Waals surface area (Å²) in [5.41, 5.74) is 1.36. The van der Waals surface area contributed by atoms with Crippen LogP contribution in [0.4, 0.5) is 0 Å². The lowest BCUT2D eigenvalue weighted by molar-refractivity contribution is 0.331. The van der Waals surface area contributed by atoms with E-state index in [4.69, 9.17) is 16.3 Å². The van der Waals surface area contributed by atoms with Gasteiger partial charge in [-0.1, -0.05) is 30.7 Å². The minimum absolute atomic E-state index is 0.530. The highest BCUT2D eigenvalue weighted by molar-refractivity contribution is 6.30. The second kappa shape index (κ2) is 4.33. The van der Waals surface area contributed by atoms with Gasteiger partial charge in [0.05, 0.1) is 12.7 Å². The monoisotopic (exact) mass is 210 g/mol. The predicted molar refractivity (Wildman–Crippen MR) is 58.7 cm³/mol. The fourth-order valence-corrected chi connectivity index (χ4v) is 1.74. The number of epoxide rings is 1. The maximum absolute atomic E-state index is 5.81. The molecule has 76 valence electrons. The van der Waals surface area contributed by atoms with Crippen LogP contribution in [0.5, 0.6) is 0 Å². The van der Waals surface area contributed by atoms with Crippen molar-refractivity contribution in [2.24, 2.45) is 5.92 Å². The fourth-order valence-electron chi connectivity index (χ4n) is 1.62. The van der Waals surface area contributed by atoms with Crippen molar-refractivity contribution in [2.75, 3.05) is 6.61 Å². The Balaban J connectivity index is 1.82. The molecule has 14 heavy (non-hydrogen) atoms. The Kier molecular flexibility index (Phi) is 3.09. The molecular formula is C12H15ClO. The second-order valence-corrected chi connectivity index (χ2v) is 4.45. The maximum Gasteiger partial charge on any atom is 0.0835 e. The van der Waals surface area contributed by atoms with E-state index in [9.17, 15) is 0 Å². The molecule has 2 atom stereocenters. The lowest BCUT2D eigenvalue weighted by Crippen LogP contribution is -2.04. The van der Waals surface area contributed by atoms with Crippen LogP contribution < -0.4 is 0 Å². The number of aryl methyl sites for hydroxylation is 1. The van der Waals surface area contributed by atoms with Gasteiger partial charge in [0.15, 0.2) is 0 Å². The van der Waals surface area contributed by atoms with Crippen LogP contribution in [0.2, 0.25) is 5.02 Å². The molecule has 1 nitrogen and oxygen atoms in total. The Hall–Kier alpha value is -0.530. The summed E-state index contributed by atoms with van der Waals surface area (Å²) in [5, 5.41) is 0.812. The van der Waals surface area contributed by atoms with Crippen molar-refractivity contribution in [2.45, 2.75) is 25.9 Å². The summed E-state index contributed by atoms with van der Waals surface area (Å²) < 4.78 is 5.26. The topological polar surface area (TPSA) is 12.5 Å². The largest absolute Gasteiger partial charge is 0.373 e. The first-order valence-corrected chi connectivity index (χ1v) is 5.49. The minimum Gasteiger partial charge on any atom is -0.373 e. The molecule has 0 aliphatic carbocycles. The molecule has 1 aromatic carbocycles. The first-order chi connectivity index (χ1) is 6.75. The third kappa shape index (κ3) is 2.73. The van der Waals surface area contributed by atoms with Gasteiger partial charge in [0.2, 0.25) is 0 Å². The Bertz CT molecular complexity index is 290. The summed E-state index contributed by atoms with van der Waals surface area (Å²) in [6.45, 7) is 3.22. The summed E-state index contributed by atoms with van der Waals surface area (Å²) in [6.07, 6.45) is 2.85. The number of hydrogen-bond acceptors (Lipinski definition) is 1. The van der Waals surface area contributed by atoms with Crippen molar-refractivity contribution in [1.82, 2.24) is 0 Å². The average Bonchev–Trinajstić information content (AvgIpc) is 3.00. The number of hydrogen-bond donors (Lipinski definition) is 0. The van der Waals surface area contributed by atoms with Crippen LogP contribution in [0.15, 0.2) is 24.3 Å². The van der Waals surface area contributed by atoms with Crippen molar-refractivity contribution in [1.29, 1.82) is 0 Å². The van der Waals surface area contributed by atoms with Gasteiger partial charge in [0, 0.05) is 5.02 Å². The van der Waals surface area contributed by atoms with Crippen molar-refractivity contribution in [3.05, 3.63) is 34.9 Å². The van der Waals surface area contributed by atoms with E-state index in [0.29, 0.717) is 12.0 Å². The van der Waals surface area contributed by atoms with Crippen molar-refractivity contribution in [3.63, 3.8) is 0 Å². The molecule has 2 heteroatoms. The number of benzene rings is 1. The number of rotatable bonds is 4. The Morgan fingerprint density at radius 1 is 1.43 bits per heavy atom. The van der Waals surface area contributed by atoms with Gasteiger partial charge in [0.25, 0.3) is 0 Å². The highest BCUT2D eigenvalue weighted by Crippen LogP contribution is 2.24. The van der Waals surface area contributed by atoms with E-state index >= 15 is 0 Å². The average molecular weight is 211 g/mol. The van der Waals surface area contributed by atoms with Gasteiger partial charge in [-0.05, 0) is 36.5 Å². The molecule has 0 saturated carbocycles. The van der Waals surface area contributed by atoms with Gasteiger partial charge in [-0.3, -0.25) is 0 Å². The zero-order valence-electron chi connectivity index (χ0n) is 8.37. The lowest BCUT2D eigenvalue weighted by Gasteiger charge is -2.07. The quantitative estimate of drug-likeness (QED) is 0.695. The highest BCUT2D eigenvalue weighted by Gasteiger charge is 2.28. The van der Waals surface area contributed by atoms with E-state index in [1.54, 1.807) is 0 Å². The van der Waals surface area contributed by atoms with Gasteiger partial charge in [0.1, 0.15) is 0 Å². The zero-order chi connectivity index (χ0) is 9.97. The van der Waals surface area contributed by atoms with E-state index in [2.05, 4.69) is 19.1 Å². The van der Waals surface area contributed by atoms with E-state index in [-0.39, 0.29) is 0 Å². The molecule has 2 rings (SSSR count). The fraction of sp³-hybridized carbons (Fsp3) is 0.500. The minimum atomic E-state index is 0.530. The summed E-state index contributed by atoms with van der Waals surface area (Å²) in [4.78, 5) is 0. The van der Waals surface area contributed by atoms with E-state index in [0.717, 1.165) is 18.1 Å². The van der Waals surface area contributed by atoms with E-state index in [1.165, 1.54) is 12.0 Å². The number of halogens is 1. The summed E-state index contributed by atoms with van der Waals surface area (Å²) >= 11 is 5.81. The molecule has 1 aliphatic heterocycles. The molecule has 0 bridgehead atoms. The van der Waals surface area contributed by atoms with Crippen LogP contribution in [0, 0.1) is 5.92 Å². The molecule has 1 aromatic rings. The summed E-state index contributed by atoms with van der Waals surface area (Å²) in [6, 6.07) is 8.11. The molecule has 0 aromatic heterocycles. The molecule has 1 aliphatic rings. The smallest absolute Gasteiger partial charge is 0.0835 e. The second-order valence-electron chi connectivity index (χ2n) is 4.01. The maximum atomic E-state index is 5.81. The summed E-state index contributed by atoms with van der Waals surface area (Å²) in [7, 11) is 0. The molecule has 0 spiro atoms. The molecule has 1 fully saturated rings. The van der Waals surface area contributed by atoms with Crippen LogP contribution in [0.3, 0.4) is 0 Å². The summed E-state index contributed by atoms with van der Waals surface area (Å²) in [5.74, 6) is 0.686. The Labute approximate surface area is 90.0 Å². The first kappa shape index (κ1) is 10.0. The molecule has 1 saturated heterocycles. The van der Waals surface area contributed by atoms with Crippen LogP contribution in [0.25, 0.3) is 0 Å². The highest BCUT2D eigenvalue weighted by atomic mass is 35.5. The SMILES string of the molecule is CC(CCc1ccc(Cl)cc1)C1CO1. The predicted octanol–water partition coefficient (Wildman–Crippen LogP) is 3.31. The van der Waals surface area contributed by atoms with Gasteiger partial charge in [-0.15, -0.1) is 0 Å². The van der Waals surface area contributed by atoms with Crippen molar-refractivity contribution < 1.29 is 4.74 Å². The third-order valence-corrected chi connectivity index (χ3v) is 3.05. The standard InChI is InChI=1S/C12H15ClO/c1-9(12-8-14-12)2-3-10-4-6-11(13)7-5-10/h4-7,9,12H,2-3,8H2,1H3. The molecule has 0 radical (unpaired) electrons. The normalized spacial score (nSPS) is 22.0. The van der Waals surface area contributed by atoms with Crippen molar-refractivity contribution in [3.8, 4) is 0 Å². The van der Waals surface area contributed by atoms with Crippen LogP contribution >= 0.6 is 11.6 Å². The van der Waals surface area contributed by atoms with Gasteiger partial charge in [-0.2, -0.15) is 0 Å². The van der Waals surface area contributed by atoms with Crippen molar-refractivity contribution >= 4 is 11.6 Å². The van der Waals surface area contributed by atoms with Gasteiger partial charge >= 0.3 is 0 Å². The van der Waals surface area contributed by atoms with E-state index < -0.39 is 0 Å². The molecule has 0 amide bonds.